The molecule has 0 aliphatic heterocycles. The Balaban J connectivity index is 2.50. The van der Waals surface area contributed by atoms with Crippen LogP contribution in [-0.2, 0) is 4.74 Å². The zero-order chi connectivity index (χ0) is 14.3. The summed E-state index contributed by atoms with van der Waals surface area (Å²) in [5.74, 6) is 5.33. The second-order valence-electron chi connectivity index (χ2n) is 4.96. The summed E-state index contributed by atoms with van der Waals surface area (Å²) >= 11 is 0. The van der Waals surface area contributed by atoms with Crippen LogP contribution >= 0.6 is 0 Å². The quantitative estimate of drug-likeness (QED) is 0.671. The summed E-state index contributed by atoms with van der Waals surface area (Å²) in [7, 11) is 0. The molecule has 0 saturated heterocycles. The zero-order valence-corrected chi connectivity index (χ0v) is 11.6. The predicted octanol–water partition coefficient (Wildman–Crippen LogP) is 2.33. The van der Waals surface area contributed by atoms with Crippen LogP contribution in [0.2, 0.25) is 0 Å². The molecule has 0 aliphatic carbocycles. The number of hydrogen-bond donors (Lipinski definition) is 1. The van der Waals surface area contributed by atoms with Crippen LogP contribution in [0.1, 0.15) is 26.3 Å². The van der Waals surface area contributed by atoms with Crippen molar-refractivity contribution in [1.82, 2.24) is 0 Å². The number of benzene rings is 1. The standard InChI is InChI=1S/C15H20FNO2/c1-15(2,3)19-10-9-18-13-7-6-12(5-4-8-17)14(16)11-13/h6-7,11H,8-10,17H2,1-3H3. The molecule has 1 aromatic rings. The van der Waals surface area contributed by atoms with E-state index in [0.29, 0.717) is 24.5 Å². The maximum atomic E-state index is 13.6. The zero-order valence-electron chi connectivity index (χ0n) is 11.6. The molecule has 0 saturated carbocycles. The average Bonchev–Trinajstić information content (AvgIpc) is 2.32. The first-order valence-electron chi connectivity index (χ1n) is 6.17. The van der Waals surface area contributed by atoms with Gasteiger partial charge in [0.2, 0.25) is 0 Å². The van der Waals surface area contributed by atoms with Crippen molar-refractivity contribution in [3.8, 4) is 17.6 Å². The molecule has 3 nitrogen and oxygen atoms in total. The van der Waals surface area contributed by atoms with Crippen LogP contribution in [0.5, 0.6) is 5.75 Å². The third-order valence-corrected chi connectivity index (χ3v) is 2.15. The maximum absolute atomic E-state index is 13.6. The smallest absolute Gasteiger partial charge is 0.142 e. The minimum Gasteiger partial charge on any atom is -0.491 e. The fourth-order valence-electron chi connectivity index (χ4n) is 1.34. The first-order valence-corrected chi connectivity index (χ1v) is 6.17. The largest absolute Gasteiger partial charge is 0.491 e. The summed E-state index contributed by atoms with van der Waals surface area (Å²) in [6.07, 6.45) is 0. The van der Waals surface area contributed by atoms with Gasteiger partial charge in [0.25, 0.3) is 0 Å². The normalized spacial score (nSPS) is 10.8. The van der Waals surface area contributed by atoms with Gasteiger partial charge >= 0.3 is 0 Å². The van der Waals surface area contributed by atoms with E-state index in [9.17, 15) is 4.39 Å². The van der Waals surface area contributed by atoms with Gasteiger partial charge in [-0.2, -0.15) is 0 Å². The molecule has 0 bridgehead atoms. The van der Waals surface area contributed by atoms with Crippen LogP contribution in [-0.4, -0.2) is 25.4 Å². The van der Waals surface area contributed by atoms with Crippen LogP contribution in [0.25, 0.3) is 0 Å². The van der Waals surface area contributed by atoms with Crippen LogP contribution in [0.3, 0.4) is 0 Å². The molecule has 0 fully saturated rings. The van der Waals surface area contributed by atoms with Crippen molar-refractivity contribution in [2.45, 2.75) is 26.4 Å². The van der Waals surface area contributed by atoms with Gasteiger partial charge in [0.05, 0.1) is 24.3 Å². The van der Waals surface area contributed by atoms with Crippen LogP contribution in [0.4, 0.5) is 4.39 Å². The fraction of sp³-hybridized carbons (Fsp3) is 0.467. The van der Waals surface area contributed by atoms with E-state index >= 15 is 0 Å². The topological polar surface area (TPSA) is 44.5 Å². The molecule has 0 aromatic heterocycles. The third kappa shape index (κ3) is 6.23. The highest BCUT2D eigenvalue weighted by atomic mass is 19.1. The summed E-state index contributed by atoms with van der Waals surface area (Å²) in [5.41, 5.74) is 5.36. The van der Waals surface area contributed by atoms with E-state index in [-0.39, 0.29) is 12.1 Å². The monoisotopic (exact) mass is 265 g/mol. The lowest BCUT2D eigenvalue weighted by Crippen LogP contribution is -2.22. The SMILES string of the molecule is CC(C)(C)OCCOc1ccc(C#CCN)c(F)c1. The molecule has 0 amide bonds. The second-order valence-corrected chi connectivity index (χ2v) is 4.96. The number of ether oxygens (including phenoxy) is 2. The highest BCUT2D eigenvalue weighted by Gasteiger charge is 2.09. The van der Waals surface area contributed by atoms with E-state index in [0.717, 1.165) is 0 Å². The first kappa shape index (κ1) is 15.5. The molecular formula is C15H20FNO2. The highest BCUT2D eigenvalue weighted by molar-refractivity contribution is 5.39. The maximum Gasteiger partial charge on any atom is 0.142 e. The molecule has 0 heterocycles. The number of hydrogen-bond acceptors (Lipinski definition) is 3. The molecule has 0 atom stereocenters. The molecule has 1 rings (SSSR count). The van der Waals surface area contributed by atoms with Gasteiger partial charge in [-0.05, 0) is 32.9 Å². The third-order valence-electron chi connectivity index (χ3n) is 2.15. The minimum absolute atomic E-state index is 0.198. The van der Waals surface area contributed by atoms with Gasteiger partial charge in [-0.1, -0.05) is 11.8 Å². The van der Waals surface area contributed by atoms with Crippen molar-refractivity contribution in [3.63, 3.8) is 0 Å². The van der Waals surface area contributed by atoms with Crippen LogP contribution in [0.15, 0.2) is 18.2 Å². The summed E-state index contributed by atoms with van der Waals surface area (Å²) < 4.78 is 24.5. The van der Waals surface area contributed by atoms with Crippen molar-refractivity contribution in [2.24, 2.45) is 5.73 Å². The molecule has 0 unspecified atom stereocenters. The predicted molar refractivity (Wildman–Crippen MR) is 73.5 cm³/mol. The van der Waals surface area contributed by atoms with Crippen LogP contribution in [0, 0.1) is 17.7 Å². The van der Waals surface area contributed by atoms with Crippen molar-refractivity contribution in [1.29, 1.82) is 0 Å². The van der Waals surface area contributed by atoms with Crippen LogP contribution < -0.4 is 10.5 Å². The van der Waals surface area contributed by atoms with Crippen molar-refractivity contribution in [3.05, 3.63) is 29.6 Å². The number of nitrogens with two attached hydrogens (primary N) is 1. The van der Waals surface area contributed by atoms with Gasteiger partial charge in [-0.25, -0.2) is 4.39 Å². The van der Waals surface area contributed by atoms with Gasteiger partial charge in [0.1, 0.15) is 18.2 Å². The minimum atomic E-state index is -0.407. The summed E-state index contributed by atoms with van der Waals surface area (Å²) in [6, 6.07) is 4.58. The molecule has 1 aromatic carbocycles. The van der Waals surface area contributed by atoms with Crippen molar-refractivity contribution < 1.29 is 13.9 Å². The van der Waals surface area contributed by atoms with Gasteiger partial charge in [-0.15, -0.1) is 0 Å². The molecule has 104 valence electrons. The van der Waals surface area contributed by atoms with Gasteiger partial charge < -0.3 is 15.2 Å². The van der Waals surface area contributed by atoms with Crippen molar-refractivity contribution >= 4 is 0 Å². The van der Waals surface area contributed by atoms with E-state index in [2.05, 4.69) is 11.8 Å². The lowest BCUT2D eigenvalue weighted by molar-refractivity contribution is -0.0163. The Kier molecular flexibility index (Phi) is 5.81. The van der Waals surface area contributed by atoms with E-state index in [1.54, 1.807) is 12.1 Å². The second kappa shape index (κ2) is 7.13. The molecule has 0 aliphatic rings. The lowest BCUT2D eigenvalue weighted by atomic mass is 10.2. The van der Waals surface area contributed by atoms with E-state index in [4.69, 9.17) is 15.2 Å². The van der Waals surface area contributed by atoms with E-state index in [1.807, 2.05) is 20.8 Å². The van der Waals surface area contributed by atoms with Gasteiger partial charge in [0, 0.05) is 6.07 Å². The van der Waals surface area contributed by atoms with E-state index < -0.39 is 5.82 Å². The summed E-state index contributed by atoms with van der Waals surface area (Å²) in [5, 5.41) is 0. The average molecular weight is 265 g/mol. The molecule has 0 spiro atoms. The molecule has 4 heteroatoms. The Bertz CT molecular complexity index is 469. The van der Waals surface area contributed by atoms with Crippen molar-refractivity contribution in [2.75, 3.05) is 19.8 Å². The Morgan fingerprint density at radius 3 is 2.58 bits per heavy atom. The Labute approximate surface area is 113 Å². The highest BCUT2D eigenvalue weighted by Crippen LogP contribution is 2.16. The number of halogens is 1. The summed E-state index contributed by atoms with van der Waals surface area (Å²) in [4.78, 5) is 0. The fourth-order valence-corrected chi connectivity index (χ4v) is 1.34. The van der Waals surface area contributed by atoms with E-state index in [1.165, 1.54) is 6.07 Å². The Hall–Kier alpha value is -1.57. The molecule has 19 heavy (non-hydrogen) atoms. The first-order chi connectivity index (χ1) is 8.92. The molecule has 2 N–H and O–H groups in total. The lowest BCUT2D eigenvalue weighted by Gasteiger charge is -2.19. The van der Waals surface area contributed by atoms with Gasteiger partial charge in [-0.3, -0.25) is 0 Å². The summed E-state index contributed by atoms with van der Waals surface area (Å²) in [6.45, 7) is 6.96. The van der Waals surface area contributed by atoms with Gasteiger partial charge in [0.15, 0.2) is 0 Å². The molecule has 0 radical (unpaired) electrons. The Morgan fingerprint density at radius 1 is 1.26 bits per heavy atom. The Morgan fingerprint density at radius 2 is 2.00 bits per heavy atom. The molecular weight excluding hydrogens is 245 g/mol. The number of rotatable bonds is 4.